The normalized spacial score (nSPS) is 29.2. The van der Waals surface area contributed by atoms with Gasteiger partial charge in [-0.3, -0.25) is 4.79 Å². The van der Waals surface area contributed by atoms with E-state index >= 15 is 0 Å². The number of hydrogen-bond donors (Lipinski definition) is 1. The van der Waals surface area contributed by atoms with E-state index in [0.29, 0.717) is 19.3 Å². The first-order valence-electron chi connectivity index (χ1n) is 5.83. The van der Waals surface area contributed by atoms with Gasteiger partial charge in [0.1, 0.15) is 0 Å². The summed E-state index contributed by atoms with van der Waals surface area (Å²) in [6, 6.07) is 0.115. The maximum absolute atomic E-state index is 12.0. The molecule has 0 spiro atoms. The SMILES string of the molecule is CCC(=O)C1(NC(C)C)CCCS(=O)(=O)C1. The molecule has 16 heavy (non-hydrogen) atoms. The molecular weight excluding hydrogens is 226 g/mol. The highest BCUT2D eigenvalue weighted by molar-refractivity contribution is 7.91. The molecule has 1 aliphatic heterocycles. The number of hydrogen-bond acceptors (Lipinski definition) is 4. The Morgan fingerprint density at radius 1 is 1.44 bits per heavy atom. The van der Waals surface area contributed by atoms with Crippen LogP contribution < -0.4 is 5.32 Å². The second kappa shape index (κ2) is 4.84. The van der Waals surface area contributed by atoms with E-state index in [4.69, 9.17) is 0 Å². The van der Waals surface area contributed by atoms with Crippen LogP contribution in [0.2, 0.25) is 0 Å². The van der Waals surface area contributed by atoms with E-state index in [9.17, 15) is 13.2 Å². The first-order valence-corrected chi connectivity index (χ1v) is 7.65. The van der Waals surface area contributed by atoms with Gasteiger partial charge in [0.25, 0.3) is 0 Å². The second-order valence-corrected chi connectivity index (χ2v) is 7.04. The molecule has 94 valence electrons. The largest absolute Gasteiger partial charge is 0.302 e. The fourth-order valence-electron chi connectivity index (χ4n) is 2.42. The van der Waals surface area contributed by atoms with Gasteiger partial charge >= 0.3 is 0 Å². The Kier molecular flexibility index (Phi) is 4.12. The van der Waals surface area contributed by atoms with Gasteiger partial charge in [-0.05, 0) is 26.7 Å². The van der Waals surface area contributed by atoms with Crippen molar-refractivity contribution in [2.75, 3.05) is 11.5 Å². The number of rotatable bonds is 4. The lowest BCUT2D eigenvalue weighted by Crippen LogP contribution is -2.60. The molecule has 0 radical (unpaired) electrons. The summed E-state index contributed by atoms with van der Waals surface area (Å²) in [5, 5.41) is 3.17. The van der Waals surface area contributed by atoms with Crippen LogP contribution in [-0.4, -0.2) is 37.3 Å². The van der Waals surface area contributed by atoms with E-state index in [0.717, 1.165) is 0 Å². The van der Waals surface area contributed by atoms with Crippen LogP contribution in [0.1, 0.15) is 40.0 Å². The van der Waals surface area contributed by atoms with E-state index in [2.05, 4.69) is 5.32 Å². The minimum Gasteiger partial charge on any atom is -0.302 e. The molecule has 1 unspecified atom stereocenters. The minimum absolute atomic E-state index is 0.0180. The fourth-order valence-corrected chi connectivity index (χ4v) is 4.29. The van der Waals surface area contributed by atoms with Crippen molar-refractivity contribution in [3.05, 3.63) is 0 Å². The predicted octanol–water partition coefficient (Wildman–Crippen LogP) is 0.911. The van der Waals surface area contributed by atoms with Crippen molar-refractivity contribution in [2.24, 2.45) is 0 Å². The van der Waals surface area contributed by atoms with Crippen LogP contribution in [0, 0.1) is 0 Å². The molecule has 1 N–H and O–H groups in total. The molecule has 0 bridgehead atoms. The quantitative estimate of drug-likeness (QED) is 0.802. The molecule has 0 aliphatic carbocycles. The summed E-state index contributed by atoms with van der Waals surface area (Å²) in [4.78, 5) is 12.0. The number of carbonyl (C=O) groups excluding carboxylic acids is 1. The number of carbonyl (C=O) groups is 1. The number of sulfone groups is 1. The van der Waals surface area contributed by atoms with Crippen LogP contribution in [0.3, 0.4) is 0 Å². The smallest absolute Gasteiger partial charge is 0.153 e. The highest BCUT2D eigenvalue weighted by atomic mass is 32.2. The Bertz CT molecular complexity index is 361. The molecule has 1 rings (SSSR count). The summed E-state index contributed by atoms with van der Waals surface area (Å²) < 4.78 is 23.4. The van der Waals surface area contributed by atoms with Crippen molar-refractivity contribution in [3.63, 3.8) is 0 Å². The van der Waals surface area contributed by atoms with Crippen LogP contribution in [0.25, 0.3) is 0 Å². The summed E-state index contributed by atoms with van der Waals surface area (Å²) in [6.45, 7) is 5.66. The Morgan fingerprint density at radius 2 is 2.06 bits per heavy atom. The fraction of sp³-hybridized carbons (Fsp3) is 0.909. The van der Waals surface area contributed by atoms with Crippen molar-refractivity contribution in [3.8, 4) is 0 Å². The molecule has 5 heteroatoms. The van der Waals surface area contributed by atoms with Gasteiger partial charge in [0.2, 0.25) is 0 Å². The van der Waals surface area contributed by atoms with Crippen molar-refractivity contribution < 1.29 is 13.2 Å². The Morgan fingerprint density at radius 3 is 2.50 bits per heavy atom. The highest BCUT2D eigenvalue weighted by Crippen LogP contribution is 2.25. The van der Waals surface area contributed by atoms with Gasteiger partial charge in [-0.25, -0.2) is 8.42 Å². The monoisotopic (exact) mass is 247 g/mol. The molecule has 4 nitrogen and oxygen atoms in total. The third-order valence-electron chi connectivity index (χ3n) is 2.95. The zero-order valence-corrected chi connectivity index (χ0v) is 11.1. The molecular formula is C11H21NO3S. The molecule has 0 aromatic rings. The number of Topliss-reactive ketones (excluding diaryl/α,β-unsaturated/α-hetero) is 1. The van der Waals surface area contributed by atoms with Crippen molar-refractivity contribution >= 4 is 15.6 Å². The summed E-state index contributed by atoms with van der Waals surface area (Å²) in [5.41, 5.74) is -0.833. The first-order chi connectivity index (χ1) is 7.31. The summed E-state index contributed by atoms with van der Waals surface area (Å²) in [5.74, 6) is 0.195. The average molecular weight is 247 g/mol. The maximum atomic E-state index is 12.0. The van der Waals surface area contributed by atoms with E-state index in [1.807, 2.05) is 13.8 Å². The second-order valence-electron chi connectivity index (χ2n) is 4.85. The van der Waals surface area contributed by atoms with Crippen LogP contribution in [0.4, 0.5) is 0 Å². The van der Waals surface area contributed by atoms with E-state index in [-0.39, 0.29) is 23.3 Å². The number of ketones is 1. The van der Waals surface area contributed by atoms with Crippen molar-refractivity contribution in [1.82, 2.24) is 5.32 Å². The van der Waals surface area contributed by atoms with Crippen molar-refractivity contribution in [1.29, 1.82) is 0 Å². The summed E-state index contributed by atoms with van der Waals surface area (Å²) in [7, 11) is -3.07. The van der Waals surface area contributed by atoms with Crippen LogP contribution >= 0.6 is 0 Å². The zero-order chi connectivity index (χ0) is 12.4. The summed E-state index contributed by atoms with van der Waals surface area (Å²) >= 11 is 0. The van der Waals surface area contributed by atoms with Crippen LogP contribution in [0.5, 0.6) is 0 Å². The lowest BCUT2D eigenvalue weighted by Gasteiger charge is -2.37. The average Bonchev–Trinajstić information content (AvgIpc) is 2.13. The molecule has 1 aliphatic rings. The maximum Gasteiger partial charge on any atom is 0.153 e. The van der Waals surface area contributed by atoms with Gasteiger partial charge in [-0.2, -0.15) is 0 Å². The predicted molar refractivity (Wildman–Crippen MR) is 64.2 cm³/mol. The van der Waals surface area contributed by atoms with Gasteiger partial charge in [0.15, 0.2) is 15.6 Å². The molecule has 0 aromatic carbocycles. The minimum atomic E-state index is -3.07. The molecule has 0 amide bonds. The van der Waals surface area contributed by atoms with E-state index in [1.165, 1.54) is 0 Å². The van der Waals surface area contributed by atoms with Gasteiger partial charge in [-0.1, -0.05) is 6.92 Å². The Labute approximate surface area is 97.7 Å². The van der Waals surface area contributed by atoms with E-state index < -0.39 is 15.4 Å². The third kappa shape index (κ3) is 3.04. The van der Waals surface area contributed by atoms with Gasteiger partial charge in [-0.15, -0.1) is 0 Å². The third-order valence-corrected chi connectivity index (χ3v) is 4.79. The van der Waals surface area contributed by atoms with Gasteiger partial charge in [0, 0.05) is 12.5 Å². The lowest BCUT2D eigenvalue weighted by atomic mass is 9.88. The Hall–Kier alpha value is -0.420. The molecule has 0 aromatic heterocycles. The molecule has 1 saturated heterocycles. The Balaban J connectivity index is 2.99. The van der Waals surface area contributed by atoms with Gasteiger partial charge < -0.3 is 5.32 Å². The molecule has 0 saturated carbocycles. The summed E-state index contributed by atoms with van der Waals surface area (Å²) in [6.07, 6.45) is 1.60. The van der Waals surface area contributed by atoms with Crippen molar-refractivity contribution in [2.45, 2.75) is 51.6 Å². The lowest BCUT2D eigenvalue weighted by molar-refractivity contribution is -0.125. The molecule has 1 atom stereocenters. The first kappa shape index (κ1) is 13.6. The molecule has 1 fully saturated rings. The molecule has 1 heterocycles. The van der Waals surface area contributed by atoms with Crippen LogP contribution in [0.15, 0.2) is 0 Å². The number of nitrogens with one attached hydrogen (secondary N) is 1. The highest BCUT2D eigenvalue weighted by Gasteiger charge is 2.43. The van der Waals surface area contributed by atoms with E-state index in [1.54, 1.807) is 6.92 Å². The van der Waals surface area contributed by atoms with Gasteiger partial charge in [0.05, 0.1) is 17.0 Å². The zero-order valence-electron chi connectivity index (χ0n) is 10.2. The topological polar surface area (TPSA) is 63.2 Å². The standard InChI is InChI=1S/C11H21NO3S/c1-4-10(13)11(12-9(2)3)6-5-7-16(14,15)8-11/h9,12H,4-8H2,1-3H3. The van der Waals surface area contributed by atoms with Crippen LogP contribution in [-0.2, 0) is 14.6 Å².